The van der Waals surface area contributed by atoms with E-state index in [1.54, 1.807) is 23.5 Å². The molecule has 0 bridgehead atoms. The summed E-state index contributed by atoms with van der Waals surface area (Å²) >= 11 is 0. The Bertz CT molecular complexity index is 837. The zero-order valence-electron chi connectivity index (χ0n) is 13.6. The third kappa shape index (κ3) is 2.51. The van der Waals surface area contributed by atoms with Gasteiger partial charge in [-0.2, -0.15) is 0 Å². The van der Waals surface area contributed by atoms with Crippen LogP contribution in [0.5, 0.6) is 0 Å². The van der Waals surface area contributed by atoms with Gasteiger partial charge in [-0.1, -0.05) is 5.16 Å². The van der Waals surface area contributed by atoms with E-state index >= 15 is 0 Å². The van der Waals surface area contributed by atoms with E-state index in [2.05, 4.69) is 10.1 Å². The number of imidazole rings is 1. The van der Waals surface area contributed by atoms with Crippen LogP contribution in [0.2, 0.25) is 0 Å². The number of carbonyl (C=O) groups excluding carboxylic acids is 1. The van der Waals surface area contributed by atoms with Gasteiger partial charge in [0.05, 0.1) is 18.1 Å². The third-order valence-corrected chi connectivity index (χ3v) is 4.50. The Hall–Kier alpha value is -2.83. The van der Waals surface area contributed by atoms with Gasteiger partial charge in [0.15, 0.2) is 5.76 Å². The molecule has 24 heavy (non-hydrogen) atoms. The highest BCUT2D eigenvalue weighted by atomic mass is 16.5. The quantitative estimate of drug-likeness (QED) is 0.735. The van der Waals surface area contributed by atoms with Crippen LogP contribution < -0.4 is 0 Å². The van der Waals surface area contributed by atoms with Crippen LogP contribution >= 0.6 is 0 Å². The van der Waals surface area contributed by atoms with Crippen molar-refractivity contribution in [1.29, 1.82) is 0 Å². The first-order valence-electron chi connectivity index (χ1n) is 7.89. The minimum absolute atomic E-state index is 0.0728. The van der Waals surface area contributed by atoms with E-state index in [4.69, 9.17) is 8.94 Å². The Labute approximate surface area is 138 Å². The lowest BCUT2D eigenvalue weighted by Crippen LogP contribution is -2.50. The molecule has 0 saturated carbocycles. The van der Waals surface area contributed by atoms with Gasteiger partial charge >= 0.3 is 0 Å². The molecule has 7 heteroatoms. The molecule has 1 fully saturated rings. The molecule has 1 saturated heterocycles. The fourth-order valence-electron chi connectivity index (χ4n) is 2.97. The summed E-state index contributed by atoms with van der Waals surface area (Å²) in [6.07, 6.45) is 6.02. The second-order valence-electron chi connectivity index (χ2n) is 6.12. The molecule has 124 valence electrons. The summed E-state index contributed by atoms with van der Waals surface area (Å²) in [5.41, 5.74) is 1.86. The fourth-order valence-corrected chi connectivity index (χ4v) is 2.97. The minimum Gasteiger partial charge on any atom is -0.456 e. The van der Waals surface area contributed by atoms with Gasteiger partial charge in [0, 0.05) is 37.5 Å². The number of rotatable bonds is 4. The molecule has 1 amide bonds. The number of likely N-dealkylation sites (tertiary alicyclic amines) is 1. The van der Waals surface area contributed by atoms with E-state index in [1.807, 2.05) is 30.7 Å². The van der Waals surface area contributed by atoms with Gasteiger partial charge in [0.25, 0.3) is 5.91 Å². The second-order valence-corrected chi connectivity index (χ2v) is 6.12. The summed E-state index contributed by atoms with van der Waals surface area (Å²) in [5.74, 6) is 1.82. The van der Waals surface area contributed by atoms with Crippen molar-refractivity contribution in [3.05, 3.63) is 59.4 Å². The Balaban J connectivity index is 1.41. The highest BCUT2D eigenvalue weighted by Gasteiger charge is 2.33. The van der Waals surface area contributed by atoms with Crippen LogP contribution in [-0.2, 0) is 6.42 Å². The topological polar surface area (TPSA) is 77.3 Å². The Kier molecular flexibility index (Phi) is 3.48. The van der Waals surface area contributed by atoms with Gasteiger partial charge in [-0.25, -0.2) is 4.98 Å². The van der Waals surface area contributed by atoms with E-state index in [0.29, 0.717) is 31.3 Å². The normalized spacial score (nSPS) is 14.8. The van der Waals surface area contributed by atoms with Crippen molar-refractivity contribution in [3.8, 4) is 0 Å². The zero-order chi connectivity index (χ0) is 16.7. The van der Waals surface area contributed by atoms with Crippen molar-refractivity contribution in [3.63, 3.8) is 0 Å². The number of hydrogen-bond acceptors (Lipinski definition) is 5. The number of nitrogens with zero attached hydrogens (tertiary/aromatic N) is 4. The highest BCUT2D eigenvalue weighted by Crippen LogP contribution is 2.25. The zero-order valence-corrected chi connectivity index (χ0v) is 13.6. The number of amides is 1. The smallest absolute Gasteiger partial charge is 0.289 e. The van der Waals surface area contributed by atoms with Crippen LogP contribution in [0.1, 0.15) is 39.4 Å². The van der Waals surface area contributed by atoms with Crippen LogP contribution in [0.25, 0.3) is 0 Å². The van der Waals surface area contributed by atoms with E-state index in [-0.39, 0.29) is 5.91 Å². The van der Waals surface area contributed by atoms with Crippen molar-refractivity contribution < 1.29 is 13.7 Å². The molecule has 4 rings (SSSR count). The lowest BCUT2D eigenvalue weighted by molar-refractivity contribution is 0.0487. The van der Waals surface area contributed by atoms with E-state index < -0.39 is 0 Å². The number of hydrogen-bond donors (Lipinski definition) is 0. The molecule has 0 radical (unpaired) electrons. The molecule has 0 unspecified atom stereocenters. The second kappa shape index (κ2) is 5.67. The SMILES string of the molecule is Cc1noc(C)c1Cc1ccc(C(=O)N2CC(n3ccnc3)C2)o1. The van der Waals surface area contributed by atoms with E-state index in [1.165, 1.54) is 0 Å². The van der Waals surface area contributed by atoms with Gasteiger partial charge in [0.2, 0.25) is 0 Å². The fraction of sp³-hybridized carbons (Fsp3) is 0.353. The molecule has 0 aromatic carbocycles. The van der Waals surface area contributed by atoms with Gasteiger partial charge in [0.1, 0.15) is 11.5 Å². The van der Waals surface area contributed by atoms with Crippen molar-refractivity contribution in [2.75, 3.05) is 13.1 Å². The molecule has 4 heterocycles. The molecule has 0 aliphatic carbocycles. The van der Waals surface area contributed by atoms with Gasteiger partial charge in [-0.3, -0.25) is 4.79 Å². The molecule has 0 atom stereocenters. The van der Waals surface area contributed by atoms with Crippen LogP contribution in [0, 0.1) is 13.8 Å². The molecule has 0 spiro atoms. The summed E-state index contributed by atoms with van der Waals surface area (Å²) in [4.78, 5) is 18.3. The van der Waals surface area contributed by atoms with Gasteiger partial charge in [-0.15, -0.1) is 0 Å². The number of furan rings is 1. The van der Waals surface area contributed by atoms with E-state index in [0.717, 1.165) is 22.8 Å². The van der Waals surface area contributed by atoms with Crippen LogP contribution in [0.3, 0.4) is 0 Å². The van der Waals surface area contributed by atoms with Crippen molar-refractivity contribution in [2.45, 2.75) is 26.3 Å². The van der Waals surface area contributed by atoms with Crippen molar-refractivity contribution >= 4 is 5.91 Å². The van der Waals surface area contributed by atoms with Crippen molar-refractivity contribution in [1.82, 2.24) is 19.6 Å². The molecular weight excluding hydrogens is 308 g/mol. The molecule has 7 nitrogen and oxygen atoms in total. The van der Waals surface area contributed by atoms with Crippen LogP contribution in [0.15, 0.2) is 39.8 Å². The van der Waals surface area contributed by atoms with Gasteiger partial charge < -0.3 is 18.4 Å². The first-order valence-corrected chi connectivity index (χ1v) is 7.89. The standard InChI is InChI=1S/C17H18N4O3/c1-11-15(12(2)24-19-11)7-14-3-4-16(23-14)17(22)21-8-13(9-21)20-6-5-18-10-20/h3-6,10,13H,7-9H2,1-2H3. The van der Waals surface area contributed by atoms with Crippen LogP contribution in [-0.4, -0.2) is 38.6 Å². The maximum absolute atomic E-state index is 12.5. The Morgan fingerprint density at radius 3 is 2.83 bits per heavy atom. The maximum atomic E-state index is 12.5. The molecule has 1 aliphatic heterocycles. The minimum atomic E-state index is -0.0728. The lowest BCUT2D eigenvalue weighted by atomic mass is 10.1. The van der Waals surface area contributed by atoms with Crippen LogP contribution in [0.4, 0.5) is 0 Å². The average molecular weight is 326 g/mol. The number of aryl methyl sites for hydroxylation is 2. The predicted octanol–water partition coefficient (Wildman–Crippen LogP) is 2.37. The predicted molar refractivity (Wildman–Crippen MR) is 84.7 cm³/mol. The molecule has 1 aliphatic rings. The molecule has 3 aromatic rings. The Morgan fingerprint density at radius 1 is 1.33 bits per heavy atom. The summed E-state index contributed by atoms with van der Waals surface area (Å²) in [5, 5.41) is 3.94. The average Bonchev–Trinajstić information content (AvgIpc) is 3.24. The van der Waals surface area contributed by atoms with E-state index in [9.17, 15) is 4.79 Å². The monoisotopic (exact) mass is 326 g/mol. The molecule has 0 N–H and O–H groups in total. The van der Waals surface area contributed by atoms with Gasteiger partial charge in [-0.05, 0) is 26.0 Å². The first kappa shape index (κ1) is 14.7. The lowest BCUT2D eigenvalue weighted by Gasteiger charge is -2.39. The summed E-state index contributed by atoms with van der Waals surface area (Å²) in [6.45, 7) is 5.13. The molecule has 3 aromatic heterocycles. The highest BCUT2D eigenvalue weighted by molar-refractivity contribution is 5.92. The first-order chi connectivity index (χ1) is 11.6. The summed E-state index contributed by atoms with van der Waals surface area (Å²) in [6, 6.07) is 3.88. The number of carbonyl (C=O) groups is 1. The third-order valence-electron chi connectivity index (χ3n) is 4.50. The summed E-state index contributed by atoms with van der Waals surface area (Å²) < 4.78 is 12.9. The molecular formula is C17H18N4O3. The number of aromatic nitrogens is 3. The largest absolute Gasteiger partial charge is 0.456 e. The Morgan fingerprint density at radius 2 is 2.17 bits per heavy atom. The summed E-state index contributed by atoms with van der Waals surface area (Å²) in [7, 11) is 0. The van der Waals surface area contributed by atoms with Crippen molar-refractivity contribution in [2.24, 2.45) is 0 Å². The maximum Gasteiger partial charge on any atom is 0.289 e.